The quantitative estimate of drug-likeness (QED) is 0.499. The van der Waals surface area contributed by atoms with Gasteiger partial charge in [-0.1, -0.05) is 24.3 Å². The van der Waals surface area contributed by atoms with E-state index in [1.165, 1.54) is 47.8 Å². The first-order chi connectivity index (χ1) is 16.5. The van der Waals surface area contributed by atoms with Crippen molar-refractivity contribution in [3.05, 3.63) is 71.5 Å². The molecule has 4 rings (SSSR count). The molecule has 1 atom stereocenters. The van der Waals surface area contributed by atoms with Crippen LogP contribution in [0.2, 0.25) is 0 Å². The number of hydrogen-bond acceptors (Lipinski definition) is 4. The van der Waals surface area contributed by atoms with Crippen LogP contribution in [0.15, 0.2) is 59.6 Å². The zero-order chi connectivity index (χ0) is 25.4. The zero-order valence-corrected chi connectivity index (χ0v) is 19.7. The van der Waals surface area contributed by atoms with Crippen LogP contribution in [0.1, 0.15) is 42.1 Å². The third-order valence-corrected chi connectivity index (χ3v) is 8.14. The van der Waals surface area contributed by atoms with Crippen LogP contribution in [-0.2, 0) is 34.0 Å². The Balaban J connectivity index is 1.58. The van der Waals surface area contributed by atoms with Crippen LogP contribution in [0.5, 0.6) is 0 Å². The number of hydrogen-bond donors (Lipinski definition) is 1. The first-order valence-electron chi connectivity index (χ1n) is 11.0. The number of halogens is 3. The van der Waals surface area contributed by atoms with Crippen molar-refractivity contribution in [3.63, 3.8) is 0 Å². The molecule has 35 heavy (non-hydrogen) atoms. The third-order valence-electron chi connectivity index (χ3n) is 6.26. The van der Waals surface area contributed by atoms with Crippen molar-refractivity contribution < 1.29 is 31.5 Å². The summed E-state index contributed by atoms with van der Waals surface area (Å²) in [5.74, 6) is -0.935. The van der Waals surface area contributed by atoms with Crippen molar-refractivity contribution in [1.29, 1.82) is 0 Å². The Morgan fingerprint density at radius 2 is 1.89 bits per heavy atom. The zero-order valence-electron chi connectivity index (χ0n) is 18.9. The molecule has 1 aliphatic rings. The standard InChI is InChI=1S/C24H24F3N3O4S/c1-29(21-6-3-7-22-20(21)15-28-30(22)13-12-23(31)32)35(33,34)19-10-8-16(9-11-19)17-4-2-5-18(14-17)24(25,26)27/h2,4-5,8-11,14-15,21H,3,6-7,12-13H2,1H3,(H,31,32)/t21-/m1/s1. The molecule has 2 aromatic carbocycles. The van der Waals surface area contributed by atoms with E-state index in [0.29, 0.717) is 24.0 Å². The van der Waals surface area contributed by atoms with Gasteiger partial charge in [0.05, 0.1) is 35.7 Å². The minimum absolute atomic E-state index is 0.0288. The number of aromatic nitrogens is 2. The van der Waals surface area contributed by atoms with Crippen LogP contribution in [0.25, 0.3) is 11.1 Å². The molecule has 1 aromatic heterocycles. The molecule has 0 saturated heterocycles. The maximum Gasteiger partial charge on any atom is 0.416 e. The molecule has 3 aromatic rings. The maximum atomic E-state index is 13.4. The maximum absolute atomic E-state index is 13.4. The second kappa shape index (κ2) is 9.46. The fourth-order valence-electron chi connectivity index (χ4n) is 4.40. The number of carbonyl (C=O) groups is 1. The number of carboxylic acids is 1. The van der Waals surface area contributed by atoms with Gasteiger partial charge in [0.2, 0.25) is 10.0 Å². The van der Waals surface area contributed by atoms with Gasteiger partial charge in [-0.3, -0.25) is 9.48 Å². The van der Waals surface area contributed by atoms with Crippen molar-refractivity contribution in [3.8, 4) is 11.1 Å². The number of fused-ring (bicyclic) bond motifs is 1. The predicted molar refractivity (Wildman–Crippen MR) is 122 cm³/mol. The monoisotopic (exact) mass is 507 g/mol. The molecule has 0 saturated carbocycles. The molecule has 0 fully saturated rings. The van der Waals surface area contributed by atoms with Crippen molar-refractivity contribution >= 4 is 16.0 Å². The highest BCUT2D eigenvalue weighted by atomic mass is 32.2. The van der Waals surface area contributed by atoms with Gasteiger partial charge >= 0.3 is 12.1 Å². The average molecular weight is 508 g/mol. The predicted octanol–water partition coefficient (Wildman–Crippen LogP) is 4.74. The Bertz CT molecular complexity index is 1330. The summed E-state index contributed by atoms with van der Waals surface area (Å²) >= 11 is 0. The van der Waals surface area contributed by atoms with E-state index in [1.807, 2.05) is 0 Å². The van der Waals surface area contributed by atoms with E-state index >= 15 is 0 Å². The average Bonchev–Trinajstić information content (AvgIpc) is 3.25. The van der Waals surface area contributed by atoms with Crippen LogP contribution in [0.4, 0.5) is 13.2 Å². The fraction of sp³-hybridized carbons (Fsp3) is 0.333. The van der Waals surface area contributed by atoms with Gasteiger partial charge in [0.1, 0.15) is 0 Å². The Hall–Kier alpha value is -3.18. The van der Waals surface area contributed by atoms with Crippen molar-refractivity contribution in [2.75, 3.05) is 7.05 Å². The van der Waals surface area contributed by atoms with E-state index in [9.17, 15) is 26.4 Å². The van der Waals surface area contributed by atoms with E-state index in [1.54, 1.807) is 10.9 Å². The first-order valence-corrected chi connectivity index (χ1v) is 12.4. The smallest absolute Gasteiger partial charge is 0.416 e. The van der Waals surface area contributed by atoms with E-state index in [0.717, 1.165) is 29.8 Å². The van der Waals surface area contributed by atoms with Gasteiger partial charge in [0.15, 0.2) is 0 Å². The van der Waals surface area contributed by atoms with Crippen LogP contribution < -0.4 is 0 Å². The SMILES string of the molecule is CN([C@@H]1CCCc2c1cnn2CCC(=O)O)S(=O)(=O)c1ccc(-c2cccc(C(F)(F)F)c2)cc1. The molecule has 0 spiro atoms. The van der Waals surface area contributed by atoms with Crippen molar-refractivity contribution in [2.45, 2.75) is 49.3 Å². The molecular formula is C24H24F3N3O4S. The number of sulfonamides is 1. The number of alkyl halides is 3. The lowest BCUT2D eigenvalue weighted by Crippen LogP contribution is -2.33. The largest absolute Gasteiger partial charge is 0.481 e. The van der Waals surface area contributed by atoms with Crippen molar-refractivity contribution in [2.24, 2.45) is 0 Å². The van der Waals surface area contributed by atoms with Crippen molar-refractivity contribution in [1.82, 2.24) is 14.1 Å². The number of aryl methyl sites for hydroxylation is 1. The van der Waals surface area contributed by atoms with Crippen LogP contribution in [0, 0.1) is 0 Å². The minimum atomic E-state index is -4.47. The van der Waals surface area contributed by atoms with Crippen LogP contribution in [0.3, 0.4) is 0 Å². The second-order valence-corrected chi connectivity index (χ2v) is 10.4. The Morgan fingerprint density at radius 3 is 2.54 bits per heavy atom. The summed E-state index contributed by atoms with van der Waals surface area (Å²) in [5.41, 5.74) is 1.63. The number of rotatable bonds is 7. The molecule has 0 radical (unpaired) electrons. The van der Waals surface area contributed by atoms with Gasteiger partial charge in [0, 0.05) is 18.3 Å². The van der Waals surface area contributed by atoms with Crippen LogP contribution >= 0.6 is 0 Å². The summed E-state index contributed by atoms with van der Waals surface area (Å²) in [4.78, 5) is 10.9. The van der Waals surface area contributed by atoms with Gasteiger partial charge in [-0.2, -0.15) is 22.6 Å². The molecule has 11 heteroatoms. The second-order valence-electron chi connectivity index (χ2n) is 8.45. The molecule has 0 amide bonds. The molecule has 1 N–H and O–H groups in total. The van der Waals surface area contributed by atoms with E-state index in [2.05, 4.69) is 5.10 Å². The summed E-state index contributed by atoms with van der Waals surface area (Å²) in [7, 11) is -2.42. The highest BCUT2D eigenvalue weighted by Gasteiger charge is 2.34. The summed E-state index contributed by atoms with van der Waals surface area (Å²) in [6, 6.07) is 10.2. The highest BCUT2D eigenvalue weighted by Crippen LogP contribution is 2.37. The molecular weight excluding hydrogens is 483 g/mol. The third kappa shape index (κ3) is 5.10. The van der Waals surface area contributed by atoms with E-state index < -0.39 is 33.8 Å². The molecule has 0 bridgehead atoms. The molecule has 186 valence electrons. The van der Waals surface area contributed by atoms with Crippen LogP contribution in [-0.4, -0.2) is 40.6 Å². The topological polar surface area (TPSA) is 92.5 Å². The normalized spacial score (nSPS) is 16.3. The summed E-state index contributed by atoms with van der Waals surface area (Å²) in [6.07, 6.45) is -0.942. The van der Waals surface area contributed by atoms with Gasteiger partial charge in [-0.25, -0.2) is 8.42 Å². The number of carboxylic acid groups (broad SMARTS) is 1. The number of nitrogens with zero attached hydrogens (tertiary/aromatic N) is 3. The summed E-state index contributed by atoms with van der Waals surface area (Å²) < 4.78 is 68.8. The van der Waals surface area contributed by atoms with Gasteiger partial charge in [-0.15, -0.1) is 0 Å². The Labute approximate surface area is 200 Å². The number of benzene rings is 2. The molecule has 1 aliphatic carbocycles. The van der Waals surface area contributed by atoms with Gasteiger partial charge in [0.25, 0.3) is 0 Å². The summed E-state index contributed by atoms with van der Waals surface area (Å²) in [6.45, 7) is 0.213. The fourth-order valence-corrected chi connectivity index (χ4v) is 5.76. The minimum Gasteiger partial charge on any atom is -0.481 e. The molecule has 7 nitrogen and oxygen atoms in total. The highest BCUT2D eigenvalue weighted by molar-refractivity contribution is 7.89. The first kappa shape index (κ1) is 24.9. The molecule has 1 heterocycles. The lowest BCUT2D eigenvalue weighted by Gasteiger charge is -2.31. The molecule has 0 aliphatic heterocycles. The Kier molecular flexibility index (Phi) is 6.74. The molecule has 0 unspecified atom stereocenters. The van der Waals surface area contributed by atoms with Gasteiger partial charge in [-0.05, 0) is 54.7 Å². The summed E-state index contributed by atoms with van der Waals surface area (Å²) in [5, 5.41) is 13.2. The lowest BCUT2D eigenvalue weighted by atomic mass is 9.93. The van der Waals surface area contributed by atoms with E-state index in [4.69, 9.17) is 5.11 Å². The van der Waals surface area contributed by atoms with E-state index in [-0.39, 0.29) is 17.9 Å². The number of aliphatic carboxylic acids is 1. The van der Waals surface area contributed by atoms with Gasteiger partial charge < -0.3 is 5.11 Å². The lowest BCUT2D eigenvalue weighted by molar-refractivity contribution is -0.138. The Morgan fingerprint density at radius 1 is 1.17 bits per heavy atom.